The zero-order chi connectivity index (χ0) is 20.5. The maximum absolute atomic E-state index is 14.0. The van der Waals surface area contributed by atoms with Gasteiger partial charge in [-0.25, -0.2) is 18.3 Å². The van der Waals surface area contributed by atoms with Crippen molar-refractivity contribution in [3.05, 3.63) is 59.0 Å². The van der Waals surface area contributed by atoms with Gasteiger partial charge in [0, 0.05) is 11.8 Å². The van der Waals surface area contributed by atoms with Gasteiger partial charge in [-0.05, 0) is 43.0 Å². The second-order valence-electron chi connectivity index (χ2n) is 6.95. The Hall–Kier alpha value is -3.36. The van der Waals surface area contributed by atoms with Crippen molar-refractivity contribution in [2.45, 2.75) is 38.6 Å². The van der Waals surface area contributed by atoms with Crippen LogP contribution >= 0.6 is 0 Å². The Morgan fingerprint density at radius 3 is 2.97 bits per heavy atom. The number of halogens is 2. The third kappa shape index (κ3) is 3.67. The van der Waals surface area contributed by atoms with Crippen molar-refractivity contribution in [2.75, 3.05) is 5.32 Å². The van der Waals surface area contributed by atoms with Gasteiger partial charge >= 0.3 is 0 Å². The fourth-order valence-electron chi connectivity index (χ4n) is 3.47. The molecular weight excluding hydrogens is 380 g/mol. The molecule has 150 valence electrons. The van der Waals surface area contributed by atoms with Crippen molar-refractivity contribution in [3.8, 4) is 0 Å². The van der Waals surface area contributed by atoms with Crippen molar-refractivity contribution in [1.82, 2.24) is 19.9 Å². The fourth-order valence-corrected chi connectivity index (χ4v) is 3.47. The lowest BCUT2D eigenvalue weighted by atomic mass is 10.1. The number of aryl methyl sites for hydroxylation is 2. The van der Waals surface area contributed by atoms with E-state index in [-0.39, 0.29) is 24.4 Å². The minimum Gasteiger partial charge on any atom is -0.337 e. The molecule has 4 rings (SSSR count). The van der Waals surface area contributed by atoms with Crippen LogP contribution in [0, 0.1) is 11.6 Å². The molecule has 0 saturated heterocycles. The van der Waals surface area contributed by atoms with Crippen LogP contribution in [0.1, 0.15) is 41.6 Å². The Balaban J connectivity index is 1.54. The number of carbonyl (C=O) groups excluding carboxylic acids is 2. The molecule has 0 aliphatic carbocycles. The molecule has 0 fully saturated rings. The molecule has 0 spiro atoms. The van der Waals surface area contributed by atoms with E-state index in [2.05, 4.69) is 20.7 Å². The van der Waals surface area contributed by atoms with E-state index in [9.17, 15) is 18.4 Å². The second-order valence-corrected chi connectivity index (χ2v) is 6.95. The molecule has 1 aliphatic rings. The molecule has 1 aromatic carbocycles. The van der Waals surface area contributed by atoms with Gasteiger partial charge < -0.3 is 10.6 Å². The van der Waals surface area contributed by atoms with Crippen LogP contribution in [0.4, 0.5) is 14.5 Å². The highest BCUT2D eigenvalue weighted by Crippen LogP contribution is 2.26. The number of nitrogens with one attached hydrogen (secondary N) is 2. The summed E-state index contributed by atoms with van der Waals surface area (Å²) in [5, 5.41) is 9.30. The molecule has 2 aromatic heterocycles. The number of amides is 2. The minimum absolute atomic E-state index is 0.0526. The van der Waals surface area contributed by atoms with E-state index < -0.39 is 29.5 Å². The van der Waals surface area contributed by atoms with Gasteiger partial charge in [-0.2, -0.15) is 0 Å². The number of benzene rings is 1. The zero-order valence-corrected chi connectivity index (χ0v) is 15.7. The maximum Gasteiger partial charge on any atom is 0.291 e. The van der Waals surface area contributed by atoms with Gasteiger partial charge in [0.15, 0.2) is 5.65 Å². The van der Waals surface area contributed by atoms with E-state index >= 15 is 0 Å². The summed E-state index contributed by atoms with van der Waals surface area (Å²) >= 11 is 0. The number of aromatic nitrogens is 3. The number of nitrogens with zero attached hydrogens (tertiary/aromatic N) is 3. The van der Waals surface area contributed by atoms with Crippen molar-refractivity contribution in [1.29, 1.82) is 0 Å². The quantitative estimate of drug-likeness (QED) is 0.706. The van der Waals surface area contributed by atoms with E-state index in [1.54, 1.807) is 10.6 Å². The van der Waals surface area contributed by atoms with E-state index in [1.165, 1.54) is 6.07 Å². The number of pyridine rings is 1. The van der Waals surface area contributed by atoms with Crippen LogP contribution < -0.4 is 10.6 Å². The first kappa shape index (κ1) is 19.0. The molecule has 3 aromatic rings. The zero-order valence-electron chi connectivity index (χ0n) is 15.7. The average molecular weight is 399 g/mol. The minimum atomic E-state index is -0.918. The molecule has 1 atom stereocenters. The lowest BCUT2D eigenvalue weighted by Crippen LogP contribution is -2.43. The summed E-state index contributed by atoms with van der Waals surface area (Å²) < 4.78 is 29.1. The molecule has 2 N–H and O–H groups in total. The predicted molar refractivity (Wildman–Crippen MR) is 102 cm³/mol. The van der Waals surface area contributed by atoms with Crippen LogP contribution in [-0.2, 0) is 17.6 Å². The molecule has 29 heavy (non-hydrogen) atoms. The van der Waals surface area contributed by atoms with Crippen LogP contribution in [0.25, 0.3) is 5.65 Å². The number of hydrogen-bond acceptors (Lipinski definition) is 4. The lowest BCUT2D eigenvalue weighted by Gasteiger charge is -2.14. The van der Waals surface area contributed by atoms with E-state index in [0.29, 0.717) is 17.3 Å². The largest absolute Gasteiger partial charge is 0.337 e. The van der Waals surface area contributed by atoms with Crippen molar-refractivity contribution in [2.24, 2.45) is 0 Å². The first-order chi connectivity index (χ1) is 14.0. The summed E-state index contributed by atoms with van der Waals surface area (Å²) in [5.74, 6) is -2.78. The third-order valence-electron chi connectivity index (χ3n) is 4.86. The standard InChI is InChI=1S/C20H19F2N5O2/c1-2-4-13-5-3-6-16-24-18(26-27(13)16)20(29)23-15-8-7-11-9-12(21)10-14(22)17(11)25-19(15)28/h3,5-6,9-10,15H,2,4,7-8H2,1H3,(H,23,29)(H,25,28)/t15-/m0/s1. The number of rotatable bonds is 4. The fraction of sp³-hybridized carbons (Fsp3) is 0.300. The molecule has 0 radical (unpaired) electrons. The molecule has 0 unspecified atom stereocenters. The summed E-state index contributed by atoms with van der Waals surface area (Å²) in [6, 6.07) is 6.49. The molecule has 7 nitrogen and oxygen atoms in total. The van der Waals surface area contributed by atoms with Gasteiger partial charge in [-0.3, -0.25) is 9.59 Å². The summed E-state index contributed by atoms with van der Waals surface area (Å²) in [6.07, 6.45) is 2.13. The maximum atomic E-state index is 14.0. The number of hydrogen-bond donors (Lipinski definition) is 2. The summed E-state index contributed by atoms with van der Waals surface area (Å²) in [6.45, 7) is 2.04. The Kier molecular flexibility index (Phi) is 4.96. The van der Waals surface area contributed by atoms with Crippen LogP contribution in [-0.4, -0.2) is 32.5 Å². The molecule has 3 heterocycles. The number of fused-ring (bicyclic) bond motifs is 2. The van der Waals surface area contributed by atoms with Crippen LogP contribution in [0.15, 0.2) is 30.3 Å². The molecule has 0 bridgehead atoms. The van der Waals surface area contributed by atoms with E-state index in [1.807, 2.05) is 19.1 Å². The van der Waals surface area contributed by atoms with Gasteiger partial charge in [0.25, 0.3) is 5.91 Å². The summed E-state index contributed by atoms with van der Waals surface area (Å²) in [4.78, 5) is 29.3. The van der Waals surface area contributed by atoms with Crippen LogP contribution in [0.5, 0.6) is 0 Å². The molecule has 9 heteroatoms. The highest BCUT2D eigenvalue weighted by molar-refractivity contribution is 6.00. The van der Waals surface area contributed by atoms with Crippen LogP contribution in [0.3, 0.4) is 0 Å². The van der Waals surface area contributed by atoms with Gasteiger partial charge in [0.05, 0.1) is 5.69 Å². The second kappa shape index (κ2) is 7.57. The van der Waals surface area contributed by atoms with E-state index in [4.69, 9.17) is 0 Å². The molecule has 1 aliphatic heterocycles. The lowest BCUT2D eigenvalue weighted by molar-refractivity contribution is -0.118. The highest BCUT2D eigenvalue weighted by atomic mass is 19.1. The summed E-state index contributed by atoms with van der Waals surface area (Å²) in [5.41, 5.74) is 1.76. The molecule has 2 amide bonds. The van der Waals surface area contributed by atoms with Gasteiger partial charge in [-0.15, -0.1) is 5.10 Å². The van der Waals surface area contributed by atoms with Crippen LogP contribution in [0.2, 0.25) is 0 Å². The first-order valence-corrected chi connectivity index (χ1v) is 9.40. The summed E-state index contributed by atoms with van der Waals surface area (Å²) in [7, 11) is 0. The van der Waals surface area contributed by atoms with E-state index in [0.717, 1.165) is 18.5 Å². The first-order valence-electron chi connectivity index (χ1n) is 9.40. The van der Waals surface area contributed by atoms with Gasteiger partial charge in [0.1, 0.15) is 17.7 Å². The normalized spacial score (nSPS) is 16.2. The average Bonchev–Trinajstić information content (AvgIpc) is 3.06. The number of carbonyl (C=O) groups is 2. The molecule has 0 saturated carbocycles. The monoisotopic (exact) mass is 399 g/mol. The Morgan fingerprint density at radius 2 is 2.17 bits per heavy atom. The van der Waals surface area contributed by atoms with Gasteiger partial charge in [0.2, 0.25) is 11.7 Å². The smallest absolute Gasteiger partial charge is 0.291 e. The van der Waals surface area contributed by atoms with Gasteiger partial charge in [-0.1, -0.05) is 19.4 Å². The Bertz CT molecular complexity index is 1110. The Labute approximate surface area is 165 Å². The Morgan fingerprint density at radius 1 is 1.34 bits per heavy atom. The third-order valence-corrected chi connectivity index (χ3v) is 4.86. The van der Waals surface area contributed by atoms with Crippen molar-refractivity contribution >= 4 is 23.1 Å². The topological polar surface area (TPSA) is 88.4 Å². The molecular formula is C20H19F2N5O2. The predicted octanol–water partition coefficient (Wildman–Crippen LogP) is 2.64. The van der Waals surface area contributed by atoms with Crippen molar-refractivity contribution < 1.29 is 18.4 Å². The highest BCUT2D eigenvalue weighted by Gasteiger charge is 2.28. The number of anilines is 1. The SMILES string of the molecule is CCCc1cccc2nc(C(=O)N[C@H]3CCc4cc(F)cc(F)c4NC3=O)nn12. The van der Waals surface area contributed by atoms with Crippen molar-refractivity contribution in [3.63, 3.8) is 0 Å².